The normalized spacial score (nSPS) is 38.5. The maximum Gasteiger partial charge on any atom is 0.306 e. The van der Waals surface area contributed by atoms with Crippen molar-refractivity contribution in [1.82, 2.24) is 0 Å². The van der Waals surface area contributed by atoms with Gasteiger partial charge in [-0.3, -0.25) is 9.59 Å². The summed E-state index contributed by atoms with van der Waals surface area (Å²) in [6.45, 7) is 2.21. The van der Waals surface area contributed by atoms with Gasteiger partial charge in [-0.05, 0) is 50.4 Å². The van der Waals surface area contributed by atoms with Gasteiger partial charge >= 0.3 is 5.97 Å². The van der Waals surface area contributed by atoms with Crippen LogP contribution in [0, 0.1) is 23.2 Å². The minimum atomic E-state index is -0.220. The molecule has 4 unspecified atom stereocenters. The van der Waals surface area contributed by atoms with E-state index in [2.05, 4.69) is 0 Å². The van der Waals surface area contributed by atoms with Crippen LogP contribution >= 0.6 is 0 Å². The predicted molar refractivity (Wildman–Crippen MR) is 76.1 cm³/mol. The number of carbonyl (C=O) groups excluding carboxylic acids is 2. The quantitative estimate of drug-likeness (QED) is 0.723. The molecule has 0 radical (unpaired) electrons. The van der Waals surface area contributed by atoms with Crippen molar-refractivity contribution >= 4 is 11.8 Å². The van der Waals surface area contributed by atoms with Crippen LogP contribution in [-0.2, 0) is 14.3 Å². The van der Waals surface area contributed by atoms with Gasteiger partial charge in [-0.2, -0.15) is 0 Å². The van der Waals surface area contributed by atoms with Crippen LogP contribution in [0.5, 0.6) is 0 Å². The van der Waals surface area contributed by atoms with Gasteiger partial charge in [-0.25, -0.2) is 0 Å². The Morgan fingerprint density at radius 1 is 1.10 bits per heavy atom. The topological polar surface area (TPSA) is 43.4 Å². The third kappa shape index (κ3) is 2.51. The molecule has 112 valence electrons. The van der Waals surface area contributed by atoms with Crippen LogP contribution in [0.4, 0.5) is 0 Å². The van der Waals surface area contributed by atoms with Crippen molar-refractivity contribution < 1.29 is 14.3 Å². The maximum atomic E-state index is 12.7. The van der Waals surface area contributed by atoms with E-state index in [4.69, 9.17) is 4.74 Å². The summed E-state index contributed by atoms with van der Waals surface area (Å²) in [5.41, 5.74) is -0.0643. The molecule has 3 rings (SSSR count). The third-order valence-electron chi connectivity index (χ3n) is 5.93. The van der Waals surface area contributed by atoms with Gasteiger partial charge in [0.05, 0.1) is 13.0 Å². The fourth-order valence-electron chi connectivity index (χ4n) is 5.21. The van der Waals surface area contributed by atoms with E-state index < -0.39 is 0 Å². The van der Waals surface area contributed by atoms with Crippen LogP contribution < -0.4 is 0 Å². The molecule has 0 spiro atoms. The molecular formula is C17H26O3. The first kappa shape index (κ1) is 14.1. The highest BCUT2D eigenvalue weighted by Crippen LogP contribution is 2.60. The summed E-state index contributed by atoms with van der Waals surface area (Å²) >= 11 is 0. The molecule has 0 aromatic carbocycles. The highest BCUT2D eigenvalue weighted by molar-refractivity contribution is 5.88. The predicted octanol–water partition coefficient (Wildman–Crippen LogP) is 3.51. The molecule has 3 aliphatic carbocycles. The smallest absolute Gasteiger partial charge is 0.306 e. The van der Waals surface area contributed by atoms with Crippen molar-refractivity contribution in [2.24, 2.45) is 23.2 Å². The Bertz CT molecular complexity index is 399. The second-order valence-corrected chi connectivity index (χ2v) is 7.17. The van der Waals surface area contributed by atoms with Crippen LogP contribution in [0.2, 0.25) is 0 Å². The first-order chi connectivity index (χ1) is 9.63. The first-order valence-electron chi connectivity index (χ1n) is 8.32. The molecule has 0 N–H and O–H groups in total. The lowest BCUT2D eigenvalue weighted by Gasteiger charge is -2.36. The van der Waals surface area contributed by atoms with Crippen LogP contribution in [0.25, 0.3) is 0 Å². The van der Waals surface area contributed by atoms with Gasteiger partial charge in [0.2, 0.25) is 0 Å². The average Bonchev–Trinajstić information content (AvgIpc) is 2.59. The molecule has 3 bridgehead atoms. The van der Waals surface area contributed by atoms with Gasteiger partial charge in [-0.1, -0.05) is 19.3 Å². The summed E-state index contributed by atoms with van der Waals surface area (Å²) in [6, 6.07) is 0. The Kier molecular flexibility index (Phi) is 3.87. The van der Waals surface area contributed by atoms with Crippen molar-refractivity contribution in [3.63, 3.8) is 0 Å². The second kappa shape index (κ2) is 5.50. The summed E-state index contributed by atoms with van der Waals surface area (Å²) in [4.78, 5) is 24.2. The molecule has 3 heteroatoms. The van der Waals surface area contributed by atoms with Gasteiger partial charge in [0.15, 0.2) is 0 Å². The molecule has 0 saturated heterocycles. The maximum absolute atomic E-state index is 12.7. The number of fused-ring (bicyclic) bond motifs is 2. The van der Waals surface area contributed by atoms with E-state index >= 15 is 0 Å². The van der Waals surface area contributed by atoms with E-state index in [1.54, 1.807) is 0 Å². The number of Topliss-reactive ketones (excluding diaryl/α,β-unsaturated/α-hetero) is 1. The van der Waals surface area contributed by atoms with Crippen molar-refractivity contribution in [2.45, 2.75) is 64.7 Å². The van der Waals surface area contributed by atoms with E-state index in [1.165, 1.54) is 25.7 Å². The standard InChI is InChI=1S/C17H26O3/c1-2-20-16(19)7-6-15(18)17-9-12-4-3-5-13(10-17)14(8-12)11-17/h12-14H,2-11H2,1H3. The molecule has 0 aromatic rings. The summed E-state index contributed by atoms with van der Waals surface area (Å²) in [6.07, 6.45) is 9.34. The van der Waals surface area contributed by atoms with Crippen LogP contribution in [0.1, 0.15) is 64.7 Å². The van der Waals surface area contributed by atoms with Gasteiger partial charge < -0.3 is 4.74 Å². The second-order valence-electron chi connectivity index (χ2n) is 7.17. The van der Waals surface area contributed by atoms with E-state index in [0.29, 0.717) is 18.8 Å². The number of hydrogen-bond donors (Lipinski definition) is 0. The lowest BCUT2D eigenvalue weighted by Crippen LogP contribution is -2.34. The number of esters is 1. The summed E-state index contributed by atoms with van der Waals surface area (Å²) in [5.74, 6) is 2.48. The van der Waals surface area contributed by atoms with Crippen molar-refractivity contribution in [2.75, 3.05) is 6.61 Å². The van der Waals surface area contributed by atoms with E-state index in [0.717, 1.165) is 37.0 Å². The molecule has 3 fully saturated rings. The SMILES string of the molecule is CCOC(=O)CCC(=O)C12CC3CCCC(C1)C(C3)C2. The molecule has 0 heterocycles. The summed E-state index contributed by atoms with van der Waals surface area (Å²) in [5, 5.41) is 0. The van der Waals surface area contributed by atoms with Crippen molar-refractivity contribution in [3.8, 4) is 0 Å². The van der Waals surface area contributed by atoms with Gasteiger partial charge in [-0.15, -0.1) is 0 Å². The lowest BCUT2D eigenvalue weighted by molar-refractivity contribution is -0.145. The molecular weight excluding hydrogens is 252 g/mol. The van der Waals surface area contributed by atoms with Crippen molar-refractivity contribution in [1.29, 1.82) is 0 Å². The van der Waals surface area contributed by atoms with Crippen LogP contribution in [0.15, 0.2) is 0 Å². The molecule has 4 atom stereocenters. The average molecular weight is 278 g/mol. The highest BCUT2D eigenvalue weighted by Gasteiger charge is 2.54. The Balaban J connectivity index is 1.64. The first-order valence-corrected chi connectivity index (χ1v) is 8.32. The Morgan fingerprint density at radius 3 is 2.70 bits per heavy atom. The Morgan fingerprint density at radius 2 is 1.90 bits per heavy atom. The lowest BCUT2D eigenvalue weighted by atomic mass is 9.67. The summed E-state index contributed by atoms with van der Waals surface area (Å²) in [7, 11) is 0. The molecule has 0 amide bonds. The number of carbonyl (C=O) groups is 2. The number of rotatable bonds is 5. The zero-order chi connectivity index (χ0) is 14.2. The number of ketones is 1. The van der Waals surface area contributed by atoms with E-state index in [9.17, 15) is 9.59 Å². The monoisotopic (exact) mass is 278 g/mol. The minimum Gasteiger partial charge on any atom is -0.466 e. The van der Waals surface area contributed by atoms with Gasteiger partial charge in [0.1, 0.15) is 5.78 Å². The molecule has 0 aliphatic heterocycles. The third-order valence-corrected chi connectivity index (χ3v) is 5.93. The Labute approximate surface area is 121 Å². The zero-order valence-corrected chi connectivity index (χ0v) is 12.5. The fourth-order valence-corrected chi connectivity index (χ4v) is 5.21. The highest BCUT2D eigenvalue weighted by atomic mass is 16.5. The summed E-state index contributed by atoms with van der Waals surface area (Å²) < 4.78 is 4.94. The number of ether oxygens (including phenoxy) is 1. The number of hydrogen-bond acceptors (Lipinski definition) is 3. The Hall–Kier alpha value is -0.860. The van der Waals surface area contributed by atoms with Crippen LogP contribution in [-0.4, -0.2) is 18.4 Å². The van der Waals surface area contributed by atoms with E-state index in [-0.39, 0.29) is 17.8 Å². The molecule has 0 aromatic heterocycles. The van der Waals surface area contributed by atoms with Gasteiger partial charge in [0, 0.05) is 11.8 Å². The fraction of sp³-hybridized carbons (Fsp3) is 0.882. The molecule has 3 aliphatic rings. The van der Waals surface area contributed by atoms with E-state index in [1.807, 2.05) is 6.92 Å². The van der Waals surface area contributed by atoms with Crippen LogP contribution in [0.3, 0.4) is 0 Å². The largest absolute Gasteiger partial charge is 0.466 e. The molecule has 20 heavy (non-hydrogen) atoms. The van der Waals surface area contributed by atoms with Gasteiger partial charge in [0.25, 0.3) is 0 Å². The minimum absolute atomic E-state index is 0.0643. The molecule has 3 saturated carbocycles. The van der Waals surface area contributed by atoms with Crippen molar-refractivity contribution in [3.05, 3.63) is 0 Å². The zero-order valence-electron chi connectivity index (χ0n) is 12.5. The molecule has 3 nitrogen and oxygen atoms in total.